The van der Waals surface area contributed by atoms with Crippen LogP contribution in [0.5, 0.6) is 0 Å². The van der Waals surface area contributed by atoms with Crippen molar-refractivity contribution in [1.82, 2.24) is 0 Å². The molecule has 10 heteroatoms. The molecule has 0 saturated heterocycles. The van der Waals surface area contributed by atoms with Gasteiger partial charge in [0.1, 0.15) is 0 Å². The van der Waals surface area contributed by atoms with Crippen LogP contribution in [0.15, 0.2) is 36.4 Å². The molecule has 1 aromatic carbocycles. The molecule has 0 amide bonds. The second kappa shape index (κ2) is 7.83. The third kappa shape index (κ3) is 4.79. The van der Waals surface area contributed by atoms with Crippen molar-refractivity contribution >= 4 is 27.7 Å². The lowest BCUT2D eigenvalue weighted by Crippen LogP contribution is -2.42. The number of carbonyl (C=O) groups excluding carboxylic acids is 3. The Morgan fingerprint density at radius 1 is 1.23 bits per heavy atom. The number of Topliss-reactive ketones (excluding diaryl/α,β-unsaturated/α-hetero) is 2. The van der Waals surface area contributed by atoms with Crippen molar-refractivity contribution in [1.29, 1.82) is 0 Å². The van der Waals surface area contributed by atoms with Gasteiger partial charge in [0.25, 0.3) is 0 Å². The van der Waals surface area contributed by atoms with E-state index in [0.717, 1.165) is 6.07 Å². The van der Waals surface area contributed by atoms with E-state index in [4.69, 9.17) is 4.55 Å². The normalized spacial score (nSPS) is 13.0. The first kappa shape index (κ1) is 21.6. The highest BCUT2D eigenvalue weighted by molar-refractivity contribution is 7.86. The number of hydrogen-bond acceptors (Lipinski definition) is 6. The number of ketones is 2. The zero-order valence-electron chi connectivity index (χ0n) is 13.9. The lowest BCUT2D eigenvalue weighted by molar-refractivity contribution is -0.114. The van der Waals surface area contributed by atoms with Crippen LogP contribution >= 0.6 is 0 Å². The van der Waals surface area contributed by atoms with Crippen LogP contribution in [0.25, 0.3) is 0 Å². The zero-order valence-corrected chi connectivity index (χ0v) is 14.7. The van der Waals surface area contributed by atoms with Crippen LogP contribution in [-0.2, 0) is 19.6 Å². The molecule has 0 bridgehead atoms. The molecule has 1 aromatic rings. The second-order valence-corrected chi connectivity index (χ2v) is 6.93. The number of hydrogen-bond donors (Lipinski definition) is 1. The molecule has 1 rings (SSSR count). The summed E-state index contributed by atoms with van der Waals surface area (Å²) in [5.41, 5.74) is -0.556. The van der Waals surface area contributed by atoms with Crippen LogP contribution in [-0.4, -0.2) is 41.9 Å². The van der Waals surface area contributed by atoms with E-state index in [1.165, 1.54) is 25.1 Å². The Balaban J connectivity index is 3.10. The van der Waals surface area contributed by atoms with Crippen molar-refractivity contribution in [3.8, 4) is 0 Å². The molecule has 0 radical (unpaired) electrons. The summed E-state index contributed by atoms with van der Waals surface area (Å²) >= 11 is 0. The van der Waals surface area contributed by atoms with Gasteiger partial charge in [0.2, 0.25) is 0 Å². The molecule has 0 aliphatic rings. The summed E-state index contributed by atoms with van der Waals surface area (Å²) in [5, 5.41) is -4.74. The first-order valence-electron chi connectivity index (χ1n) is 7.15. The third-order valence-electron chi connectivity index (χ3n) is 3.35. The van der Waals surface area contributed by atoms with Crippen molar-refractivity contribution in [2.75, 3.05) is 0 Å². The Labute approximate surface area is 148 Å². The minimum atomic E-state index is -5.81. The van der Waals surface area contributed by atoms with E-state index in [-0.39, 0.29) is 11.1 Å². The molecule has 1 atom stereocenters. The molecule has 1 unspecified atom stereocenters. The molecule has 0 saturated carbocycles. The van der Waals surface area contributed by atoms with Crippen LogP contribution in [0.3, 0.4) is 0 Å². The molecule has 0 fully saturated rings. The first-order chi connectivity index (χ1) is 11.8. The summed E-state index contributed by atoms with van der Waals surface area (Å²) in [4.78, 5) is 35.9. The van der Waals surface area contributed by atoms with Crippen LogP contribution in [0.4, 0.5) is 8.78 Å². The SMILES string of the molecule is C=C(C)C(=O)CC(=O)c1ccccc1C(=O)OC(C)C(F)(F)S(=O)(=O)O. The van der Waals surface area contributed by atoms with E-state index in [1.54, 1.807) is 0 Å². The molecule has 0 spiro atoms. The number of ether oxygens (including phenoxy) is 1. The van der Waals surface area contributed by atoms with Crippen molar-refractivity contribution in [3.05, 3.63) is 47.5 Å². The van der Waals surface area contributed by atoms with Gasteiger partial charge in [-0.2, -0.15) is 17.2 Å². The van der Waals surface area contributed by atoms with Crippen molar-refractivity contribution in [2.45, 2.75) is 31.6 Å². The number of benzene rings is 1. The van der Waals surface area contributed by atoms with Crippen LogP contribution in [0, 0.1) is 0 Å². The Morgan fingerprint density at radius 2 is 1.73 bits per heavy atom. The maximum absolute atomic E-state index is 13.5. The number of carbonyl (C=O) groups is 3. The minimum absolute atomic E-state index is 0.125. The van der Waals surface area contributed by atoms with Crippen LogP contribution in [0.1, 0.15) is 41.0 Å². The van der Waals surface area contributed by atoms with Crippen LogP contribution < -0.4 is 0 Å². The maximum atomic E-state index is 13.5. The van der Waals surface area contributed by atoms with E-state index >= 15 is 0 Å². The third-order valence-corrected chi connectivity index (χ3v) is 4.37. The number of halogens is 2. The van der Waals surface area contributed by atoms with Gasteiger partial charge in [0.05, 0.1) is 12.0 Å². The molecule has 0 aromatic heterocycles. The highest BCUT2D eigenvalue weighted by Gasteiger charge is 2.52. The van der Waals surface area contributed by atoms with Gasteiger partial charge in [-0.15, -0.1) is 0 Å². The minimum Gasteiger partial charge on any atom is -0.451 e. The Kier molecular flexibility index (Phi) is 6.50. The zero-order chi connectivity index (χ0) is 20.3. The van der Waals surface area contributed by atoms with E-state index < -0.39 is 51.0 Å². The lowest BCUT2D eigenvalue weighted by Gasteiger charge is -2.21. The Hall–Kier alpha value is -2.46. The summed E-state index contributed by atoms with van der Waals surface area (Å²) < 4.78 is 61.3. The van der Waals surface area contributed by atoms with E-state index in [0.29, 0.717) is 6.92 Å². The van der Waals surface area contributed by atoms with E-state index in [1.807, 2.05) is 0 Å². The van der Waals surface area contributed by atoms with Crippen molar-refractivity contribution < 1.29 is 40.9 Å². The Bertz CT molecular complexity index is 859. The van der Waals surface area contributed by atoms with Crippen molar-refractivity contribution in [2.24, 2.45) is 0 Å². The van der Waals surface area contributed by atoms with Gasteiger partial charge in [0.15, 0.2) is 17.7 Å². The topological polar surface area (TPSA) is 115 Å². The summed E-state index contributed by atoms with van der Waals surface area (Å²) in [6.07, 6.45) is -3.11. The fourth-order valence-corrected chi connectivity index (χ4v) is 2.27. The monoisotopic (exact) mass is 390 g/mol. The molecule has 1 N–H and O–H groups in total. The summed E-state index contributed by atoms with van der Waals surface area (Å²) in [6.45, 7) is 5.36. The number of alkyl halides is 2. The van der Waals surface area contributed by atoms with Crippen LogP contribution in [0.2, 0.25) is 0 Å². The van der Waals surface area contributed by atoms with E-state index in [9.17, 15) is 31.6 Å². The molecular weight excluding hydrogens is 374 g/mol. The molecule has 7 nitrogen and oxygen atoms in total. The molecule has 0 aliphatic heterocycles. The van der Waals surface area contributed by atoms with Gasteiger partial charge < -0.3 is 4.74 Å². The fraction of sp³-hybridized carbons (Fsp3) is 0.312. The van der Waals surface area contributed by atoms with Crippen molar-refractivity contribution in [3.63, 3.8) is 0 Å². The molecule has 142 valence electrons. The largest absolute Gasteiger partial charge is 0.451 e. The molecule has 0 heterocycles. The predicted molar refractivity (Wildman–Crippen MR) is 86.6 cm³/mol. The van der Waals surface area contributed by atoms with Gasteiger partial charge in [-0.1, -0.05) is 24.8 Å². The highest BCUT2D eigenvalue weighted by Crippen LogP contribution is 2.28. The Morgan fingerprint density at radius 3 is 2.19 bits per heavy atom. The molecule has 0 aliphatic carbocycles. The number of allylic oxidation sites excluding steroid dienone is 1. The van der Waals surface area contributed by atoms with Gasteiger partial charge in [-0.25, -0.2) is 4.79 Å². The average Bonchev–Trinajstić information content (AvgIpc) is 2.53. The smallest absolute Gasteiger partial charge is 0.405 e. The molecule has 26 heavy (non-hydrogen) atoms. The highest BCUT2D eigenvalue weighted by atomic mass is 32.2. The van der Waals surface area contributed by atoms with E-state index in [2.05, 4.69) is 11.3 Å². The van der Waals surface area contributed by atoms with Gasteiger partial charge in [0, 0.05) is 5.56 Å². The first-order valence-corrected chi connectivity index (χ1v) is 8.59. The van der Waals surface area contributed by atoms with Gasteiger partial charge >= 0.3 is 21.3 Å². The quantitative estimate of drug-likeness (QED) is 0.238. The number of esters is 1. The second-order valence-electron chi connectivity index (χ2n) is 5.43. The van der Waals surface area contributed by atoms with Gasteiger partial charge in [-0.05, 0) is 25.5 Å². The number of rotatable bonds is 8. The summed E-state index contributed by atoms with van der Waals surface area (Å²) in [5.74, 6) is -2.74. The lowest BCUT2D eigenvalue weighted by atomic mass is 9.98. The standard InChI is InChI=1S/C16H16F2O7S/c1-9(2)13(19)8-14(20)11-6-4-5-7-12(11)15(21)25-10(3)16(17,18)26(22,23)24/h4-7,10H,1,8H2,2-3H3,(H,22,23,24). The fourth-order valence-electron chi connectivity index (χ4n) is 1.80. The molecular formula is C16H16F2O7S. The summed E-state index contributed by atoms with van der Waals surface area (Å²) in [6, 6.07) is 4.99. The predicted octanol–water partition coefficient (Wildman–Crippen LogP) is 2.43. The summed E-state index contributed by atoms with van der Waals surface area (Å²) in [7, 11) is -5.81. The maximum Gasteiger partial charge on any atom is 0.405 e. The van der Waals surface area contributed by atoms with Gasteiger partial charge in [-0.3, -0.25) is 14.1 Å². The average molecular weight is 390 g/mol.